The molecule has 0 spiro atoms. The van der Waals surface area contributed by atoms with Gasteiger partial charge in [0.1, 0.15) is 6.10 Å². The van der Waals surface area contributed by atoms with Gasteiger partial charge in [-0.1, -0.05) is 27.4 Å². The van der Waals surface area contributed by atoms with Crippen LogP contribution in [0.4, 0.5) is 0 Å². The smallest absolute Gasteiger partial charge is 0.333 e. The second-order valence-corrected chi connectivity index (χ2v) is 6.28. The number of esters is 1. The van der Waals surface area contributed by atoms with Crippen molar-refractivity contribution in [3.8, 4) is 0 Å². The highest BCUT2D eigenvalue weighted by Gasteiger charge is 2.62. The zero-order chi connectivity index (χ0) is 12.1. The summed E-state index contributed by atoms with van der Waals surface area (Å²) in [5.74, 6) is 0.481. The molecule has 2 heteroatoms. The van der Waals surface area contributed by atoms with E-state index >= 15 is 0 Å². The van der Waals surface area contributed by atoms with Gasteiger partial charge in [0.25, 0.3) is 0 Å². The molecule has 2 saturated carbocycles. The van der Waals surface area contributed by atoms with Gasteiger partial charge < -0.3 is 4.74 Å². The summed E-state index contributed by atoms with van der Waals surface area (Å²) in [6.45, 7) is 12.3. The summed E-state index contributed by atoms with van der Waals surface area (Å²) in [5, 5.41) is 0. The van der Waals surface area contributed by atoms with Crippen molar-refractivity contribution in [3.05, 3.63) is 12.2 Å². The average molecular weight is 222 g/mol. The Morgan fingerprint density at radius 3 is 2.38 bits per heavy atom. The molecular weight excluding hydrogens is 200 g/mol. The molecule has 2 aliphatic rings. The molecule has 0 heterocycles. The molecule has 2 nitrogen and oxygen atoms in total. The zero-order valence-electron chi connectivity index (χ0n) is 10.8. The van der Waals surface area contributed by atoms with E-state index in [0.717, 1.165) is 6.42 Å². The fourth-order valence-electron chi connectivity index (χ4n) is 3.54. The summed E-state index contributed by atoms with van der Waals surface area (Å²) in [4.78, 5) is 11.6. The maximum absolute atomic E-state index is 11.6. The summed E-state index contributed by atoms with van der Waals surface area (Å²) in [6, 6.07) is 0. The van der Waals surface area contributed by atoms with Crippen LogP contribution in [0.5, 0.6) is 0 Å². The lowest BCUT2D eigenvalue weighted by Crippen LogP contribution is -2.38. The summed E-state index contributed by atoms with van der Waals surface area (Å²) in [7, 11) is 0. The predicted octanol–water partition coefficient (Wildman–Crippen LogP) is 3.32. The second kappa shape index (κ2) is 3.35. The third kappa shape index (κ3) is 1.35. The molecule has 0 saturated heterocycles. The first-order valence-electron chi connectivity index (χ1n) is 6.15. The Morgan fingerprint density at radius 2 is 2.00 bits per heavy atom. The first-order chi connectivity index (χ1) is 7.29. The van der Waals surface area contributed by atoms with E-state index in [4.69, 9.17) is 4.74 Å². The van der Waals surface area contributed by atoms with Crippen molar-refractivity contribution in [3.63, 3.8) is 0 Å². The molecule has 0 N–H and O–H groups in total. The highest BCUT2D eigenvalue weighted by Crippen LogP contribution is 2.66. The van der Waals surface area contributed by atoms with Crippen LogP contribution in [0.3, 0.4) is 0 Å². The standard InChI is InChI=1S/C14H22O2/c1-9(2)12(15)16-11-8-10-6-7-14(11,5)13(10,3)4/h10-11H,1,6-8H2,2-5H3/t10?,11-,14-/m0/s1. The lowest BCUT2D eigenvalue weighted by molar-refractivity contribution is -0.151. The average Bonchev–Trinajstić information content (AvgIpc) is 2.50. The Morgan fingerprint density at radius 1 is 1.38 bits per heavy atom. The van der Waals surface area contributed by atoms with E-state index in [1.54, 1.807) is 6.92 Å². The highest BCUT2D eigenvalue weighted by atomic mass is 16.5. The van der Waals surface area contributed by atoms with E-state index in [2.05, 4.69) is 27.4 Å². The molecular formula is C14H22O2. The predicted molar refractivity (Wildman–Crippen MR) is 63.9 cm³/mol. The van der Waals surface area contributed by atoms with Gasteiger partial charge in [-0.15, -0.1) is 0 Å². The second-order valence-electron chi connectivity index (χ2n) is 6.28. The third-order valence-electron chi connectivity index (χ3n) is 5.31. The SMILES string of the molecule is C=C(C)C(=O)O[C@H]1CC2CC[C@]1(C)C2(C)C. The Hall–Kier alpha value is -0.790. The molecule has 2 fully saturated rings. The van der Waals surface area contributed by atoms with Gasteiger partial charge in [0.15, 0.2) is 0 Å². The Kier molecular flexibility index (Phi) is 2.45. The fraction of sp³-hybridized carbons (Fsp3) is 0.786. The third-order valence-corrected chi connectivity index (χ3v) is 5.31. The number of carbonyl (C=O) groups is 1. The van der Waals surface area contributed by atoms with Crippen LogP contribution < -0.4 is 0 Å². The van der Waals surface area contributed by atoms with E-state index in [1.165, 1.54) is 12.8 Å². The van der Waals surface area contributed by atoms with E-state index in [9.17, 15) is 4.79 Å². The largest absolute Gasteiger partial charge is 0.458 e. The van der Waals surface area contributed by atoms with Crippen molar-refractivity contribution in [1.29, 1.82) is 0 Å². The van der Waals surface area contributed by atoms with E-state index in [-0.39, 0.29) is 17.5 Å². The summed E-state index contributed by atoms with van der Waals surface area (Å²) in [6.07, 6.45) is 3.58. The van der Waals surface area contributed by atoms with E-state index in [1.807, 2.05) is 0 Å². The number of ether oxygens (including phenoxy) is 1. The van der Waals surface area contributed by atoms with Crippen LogP contribution in [-0.2, 0) is 9.53 Å². The molecule has 2 bridgehead atoms. The molecule has 0 aliphatic heterocycles. The first-order valence-corrected chi connectivity index (χ1v) is 6.15. The number of rotatable bonds is 2. The van der Waals surface area contributed by atoms with Gasteiger partial charge in [0.05, 0.1) is 0 Å². The topological polar surface area (TPSA) is 26.3 Å². The quantitative estimate of drug-likeness (QED) is 0.529. The molecule has 1 unspecified atom stereocenters. The normalized spacial score (nSPS) is 39.8. The highest BCUT2D eigenvalue weighted by molar-refractivity contribution is 5.87. The monoisotopic (exact) mass is 222 g/mol. The summed E-state index contributed by atoms with van der Waals surface area (Å²) >= 11 is 0. The van der Waals surface area contributed by atoms with Gasteiger partial charge in [-0.3, -0.25) is 0 Å². The van der Waals surface area contributed by atoms with Gasteiger partial charge >= 0.3 is 5.97 Å². The summed E-state index contributed by atoms with van der Waals surface area (Å²) < 4.78 is 5.61. The van der Waals surface area contributed by atoms with Crippen molar-refractivity contribution in [2.75, 3.05) is 0 Å². The van der Waals surface area contributed by atoms with Crippen molar-refractivity contribution < 1.29 is 9.53 Å². The van der Waals surface area contributed by atoms with Gasteiger partial charge in [0, 0.05) is 11.0 Å². The number of fused-ring (bicyclic) bond motifs is 2. The fourth-order valence-corrected chi connectivity index (χ4v) is 3.54. The molecule has 0 aromatic carbocycles. The Bertz CT molecular complexity index is 343. The van der Waals surface area contributed by atoms with Gasteiger partial charge in [-0.05, 0) is 37.5 Å². The lowest BCUT2D eigenvalue weighted by Gasteiger charge is -2.38. The Labute approximate surface area is 98.1 Å². The summed E-state index contributed by atoms with van der Waals surface area (Å²) in [5.41, 5.74) is 0.958. The zero-order valence-corrected chi connectivity index (χ0v) is 10.8. The molecule has 2 rings (SSSR count). The van der Waals surface area contributed by atoms with Crippen LogP contribution in [0.2, 0.25) is 0 Å². The van der Waals surface area contributed by atoms with Crippen LogP contribution >= 0.6 is 0 Å². The van der Waals surface area contributed by atoms with Crippen molar-refractivity contribution >= 4 is 5.97 Å². The lowest BCUT2D eigenvalue weighted by atomic mass is 9.70. The molecule has 16 heavy (non-hydrogen) atoms. The number of hydrogen-bond acceptors (Lipinski definition) is 2. The van der Waals surface area contributed by atoms with Crippen LogP contribution in [0, 0.1) is 16.7 Å². The van der Waals surface area contributed by atoms with Gasteiger partial charge in [-0.2, -0.15) is 0 Å². The molecule has 90 valence electrons. The van der Waals surface area contributed by atoms with Gasteiger partial charge in [-0.25, -0.2) is 4.79 Å². The van der Waals surface area contributed by atoms with Crippen LogP contribution in [-0.4, -0.2) is 12.1 Å². The maximum Gasteiger partial charge on any atom is 0.333 e. The van der Waals surface area contributed by atoms with Crippen LogP contribution in [0.1, 0.15) is 47.0 Å². The van der Waals surface area contributed by atoms with Crippen molar-refractivity contribution in [1.82, 2.24) is 0 Å². The van der Waals surface area contributed by atoms with E-state index in [0.29, 0.717) is 16.9 Å². The molecule has 0 radical (unpaired) electrons. The minimum absolute atomic E-state index is 0.0884. The first kappa shape index (κ1) is 11.7. The number of hydrogen-bond donors (Lipinski definition) is 0. The molecule has 0 aromatic heterocycles. The van der Waals surface area contributed by atoms with Crippen molar-refractivity contribution in [2.45, 2.75) is 53.1 Å². The number of carbonyl (C=O) groups excluding carboxylic acids is 1. The molecule has 0 amide bonds. The molecule has 0 aromatic rings. The maximum atomic E-state index is 11.6. The van der Waals surface area contributed by atoms with Crippen LogP contribution in [0.15, 0.2) is 12.2 Å². The van der Waals surface area contributed by atoms with E-state index < -0.39 is 0 Å². The minimum atomic E-state index is -0.227. The minimum Gasteiger partial charge on any atom is -0.458 e. The van der Waals surface area contributed by atoms with Gasteiger partial charge in [0.2, 0.25) is 0 Å². The molecule has 3 atom stereocenters. The van der Waals surface area contributed by atoms with Crippen molar-refractivity contribution in [2.24, 2.45) is 16.7 Å². The Balaban J connectivity index is 2.16. The van der Waals surface area contributed by atoms with Crippen LogP contribution in [0.25, 0.3) is 0 Å². The molecule has 2 aliphatic carbocycles.